The van der Waals surface area contributed by atoms with Crippen LogP contribution >= 0.6 is 11.8 Å². The van der Waals surface area contributed by atoms with Gasteiger partial charge in [0.15, 0.2) is 0 Å². The maximum absolute atomic E-state index is 12.3. The molecule has 1 amide bonds. The van der Waals surface area contributed by atoms with E-state index >= 15 is 0 Å². The quantitative estimate of drug-likeness (QED) is 0.687. The lowest BCUT2D eigenvalue weighted by molar-refractivity contribution is -0.115. The number of nitrogens with one attached hydrogen (secondary N) is 1. The van der Waals surface area contributed by atoms with Crippen molar-refractivity contribution in [2.24, 2.45) is 0 Å². The molecule has 0 radical (unpaired) electrons. The van der Waals surface area contributed by atoms with Gasteiger partial charge in [0.25, 0.3) is 5.22 Å². The van der Waals surface area contributed by atoms with Gasteiger partial charge in [-0.3, -0.25) is 4.79 Å². The summed E-state index contributed by atoms with van der Waals surface area (Å²) in [6.45, 7) is 3.73. The Morgan fingerprint density at radius 3 is 2.81 bits per heavy atom. The number of aromatic nitrogens is 2. The highest BCUT2D eigenvalue weighted by Crippen LogP contribution is 2.28. The number of anilines is 1. The molecule has 0 fully saturated rings. The summed E-state index contributed by atoms with van der Waals surface area (Å²) in [6.07, 6.45) is 0. The molecule has 1 heterocycles. The molecule has 0 spiro atoms. The van der Waals surface area contributed by atoms with Crippen LogP contribution in [0.1, 0.15) is 18.1 Å². The number of carbonyl (C=O) groups excluding carboxylic acids is 1. The Hall–Kier alpha value is -3.11. The Bertz CT molecular complexity index is 977. The molecule has 0 bridgehead atoms. The summed E-state index contributed by atoms with van der Waals surface area (Å²) in [7, 11) is 0. The van der Waals surface area contributed by atoms with Crippen molar-refractivity contribution in [3.05, 3.63) is 59.7 Å². The second-order valence-corrected chi connectivity index (χ2v) is 6.92. The van der Waals surface area contributed by atoms with Crippen LogP contribution in [0, 0.1) is 18.3 Å². The van der Waals surface area contributed by atoms with Crippen molar-refractivity contribution in [1.29, 1.82) is 5.26 Å². The highest BCUT2D eigenvalue weighted by molar-refractivity contribution is 8.00. The van der Waals surface area contributed by atoms with Gasteiger partial charge in [-0.2, -0.15) is 5.26 Å². The first-order chi connectivity index (χ1) is 12.6. The molecule has 3 rings (SSSR count). The number of rotatable bonds is 5. The molecule has 2 aromatic carbocycles. The van der Waals surface area contributed by atoms with E-state index in [1.165, 1.54) is 11.8 Å². The second kappa shape index (κ2) is 7.85. The predicted molar refractivity (Wildman–Crippen MR) is 99.6 cm³/mol. The number of carbonyl (C=O) groups is 1. The summed E-state index contributed by atoms with van der Waals surface area (Å²) in [5.41, 5.74) is 2.98. The number of nitriles is 1. The minimum absolute atomic E-state index is 0.208. The molecule has 26 heavy (non-hydrogen) atoms. The molecular weight excluding hydrogens is 348 g/mol. The van der Waals surface area contributed by atoms with Gasteiger partial charge in [-0.1, -0.05) is 36.0 Å². The fourth-order valence-electron chi connectivity index (χ4n) is 2.29. The van der Waals surface area contributed by atoms with Crippen LogP contribution in [0.15, 0.2) is 58.2 Å². The molecule has 6 nitrogen and oxygen atoms in total. The third-order valence-electron chi connectivity index (χ3n) is 3.69. The first-order valence-electron chi connectivity index (χ1n) is 7.94. The average Bonchev–Trinajstić information content (AvgIpc) is 3.10. The molecule has 1 atom stereocenters. The van der Waals surface area contributed by atoms with E-state index < -0.39 is 5.25 Å². The number of thioether (sulfide) groups is 1. The fourth-order valence-corrected chi connectivity index (χ4v) is 2.98. The summed E-state index contributed by atoms with van der Waals surface area (Å²) >= 11 is 1.18. The van der Waals surface area contributed by atoms with Crippen LogP contribution in [0.25, 0.3) is 11.5 Å². The number of nitrogens with zero attached hydrogens (tertiary/aromatic N) is 3. The predicted octanol–water partition coefficient (Wildman–Crippen LogP) is 4.04. The van der Waals surface area contributed by atoms with E-state index in [1.54, 1.807) is 31.2 Å². The van der Waals surface area contributed by atoms with E-state index in [0.29, 0.717) is 22.4 Å². The SMILES string of the molecule is Cc1ccccc1-c1nnc(SC(C)C(=O)Nc2cccc(C#N)c2)o1. The Morgan fingerprint density at radius 1 is 1.23 bits per heavy atom. The highest BCUT2D eigenvalue weighted by atomic mass is 32.2. The molecular formula is C19H16N4O2S. The van der Waals surface area contributed by atoms with Crippen LogP contribution < -0.4 is 5.32 Å². The number of amides is 1. The lowest BCUT2D eigenvalue weighted by Gasteiger charge is -2.10. The molecule has 3 aromatic rings. The molecule has 1 N–H and O–H groups in total. The molecule has 130 valence electrons. The van der Waals surface area contributed by atoms with Crippen molar-refractivity contribution in [3.63, 3.8) is 0 Å². The van der Waals surface area contributed by atoms with Crippen LogP contribution in [0.3, 0.4) is 0 Å². The number of aryl methyl sites for hydroxylation is 1. The second-order valence-electron chi connectivity index (χ2n) is 5.63. The fraction of sp³-hybridized carbons (Fsp3) is 0.158. The molecule has 1 aromatic heterocycles. The van der Waals surface area contributed by atoms with Crippen molar-refractivity contribution in [1.82, 2.24) is 10.2 Å². The van der Waals surface area contributed by atoms with Crippen molar-refractivity contribution in [2.75, 3.05) is 5.32 Å². The molecule has 0 saturated carbocycles. The number of hydrogen-bond donors (Lipinski definition) is 1. The summed E-state index contributed by atoms with van der Waals surface area (Å²) in [4.78, 5) is 12.3. The van der Waals surface area contributed by atoms with Crippen LogP contribution in [0.4, 0.5) is 5.69 Å². The van der Waals surface area contributed by atoms with Gasteiger partial charge < -0.3 is 9.73 Å². The van der Waals surface area contributed by atoms with E-state index in [9.17, 15) is 4.79 Å². The highest BCUT2D eigenvalue weighted by Gasteiger charge is 2.19. The minimum atomic E-state index is -0.439. The van der Waals surface area contributed by atoms with Crippen LogP contribution in [-0.2, 0) is 4.79 Å². The molecule has 0 aliphatic carbocycles. The maximum Gasteiger partial charge on any atom is 0.277 e. The van der Waals surface area contributed by atoms with Gasteiger partial charge in [0.2, 0.25) is 11.8 Å². The van der Waals surface area contributed by atoms with Crippen LogP contribution in [0.5, 0.6) is 0 Å². The molecule has 0 saturated heterocycles. The van der Waals surface area contributed by atoms with Gasteiger partial charge in [-0.25, -0.2) is 0 Å². The summed E-state index contributed by atoms with van der Waals surface area (Å²) < 4.78 is 5.68. The van der Waals surface area contributed by atoms with E-state index in [2.05, 4.69) is 15.5 Å². The third kappa shape index (κ3) is 4.10. The summed E-state index contributed by atoms with van der Waals surface area (Å²) in [5.74, 6) is 0.223. The molecule has 7 heteroatoms. The zero-order valence-electron chi connectivity index (χ0n) is 14.3. The zero-order chi connectivity index (χ0) is 18.5. The minimum Gasteiger partial charge on any atom is -0.411 e. The van der Waals surface area contributed by atoms with Gasteiger partial charge in [-0.05, 0) is 43.7 Å². The standard InChI is InChI=1S/C19H16N4O2S/c1-12-6-3-4-9-16(12)18-22-23-19(25-18)26-13(2)17(24)21-15-8-5-7-14(10-15)11-20/h3-10,13H,1-2H3,(H,21,24). The Morgan fingerprint density at radius 2 is 2.04 bits per heavy atom. The maximum atomic E-state index is 12.3. The van der Waals surface area contributed by atoms with Gasteiger partial charge in [0.1, 0.15) is 0 Å². The van der Waals surface area contributed by atoms with Crippen LogP contribution in [-0.4, -0.2) is 21.4 Å². The summed E-state index contributed by atoms with van der Waals surface area (Å²) in [5, 5.41) is 19.7. The van der Waals surface area contributed by atoms with Crippen molar-refractivity contribution < 1.29 is 9.21 Å². The number of hydrogen-bond acceptors (Lipinski definition) is 6. The normalized spacial score (nSPS) is 11.6. The van der Waals surface area contributed by atoms with E-state index in [4.69, 9.17) is 9.68 Å². The van der Waals surface area contributed by atoms with Crippen molar-refractivity contribution in [2.45, 2.75) is 24.3 Å². The molecule has 0 aliphatic heterocycles. The first kappa shape index (κ1) is 17.7. The van der Waals surface area contributed by atoms with Crippen LogP contribution in [0.2, 0.25) is 0 Å². The van der Waals surface area contributed by atoms with Gasteiger partial charge in [-0.15, -0.1) is 10.2 Å². The van der Waals surface area contributed by atoms with Gasteiger partial charge >= 0.3 is 0 Å². The molecule has 0 aliphatic rings. The lowest BCUT2D eigenvalue weighted by Crippen LogP contribution is -2.22. The largest absolute Gasteiger partial charge is 0.411 e. The van der Waals surface area contributed by atoms with E-state index in [0.717, 1.165) is 11.1 Å². The van der Waals surface area contributed by atoms with Gasteiger partial charge in [0, 0.05) is 11.3 Å². The Kier molecular flexibility index (Phi) is 5.34. The Labute approximate surface area is 155 Å². The third-order valence-corrected chi connectivity index (χ3v) is 4.62. The lowest BCUT2D eigenvalue weighted by atomic mass is 10.1. The monoisotopic (exact) mass is 364 g/mol. The van der Waals surface area contributed by atoms with Gasteiger partial charge in [0.05, 0.1) is 16.9 Å². The first-order valence-corrected chi connectivity index (χ1v) is 8.82. The molecule has 1 unspecified atom stereocenters. The van der Waals surface area contributed by atoms with E-state index in [1.807, 2.05) is 37.3 Å². The zero-order valence-corrected chi connectivity index (χ0v) is 15.1. The average molecular weight is 364 g/mol. The smallest absolute Gasteiger partial charge is 0.277 e. The summed E-state index contributed by atoms with van der Waals surface area (Å²) in [6, 6.07) is 16.5. The van der Waals surface area contributed by atoms with Crippen molar-refractivity contribution >= 4 is 23.4 Å². The van der Waals surface area contributed by atoms with E-state index in [-0.39, 0.29) is 5.91 Å². The van der Waals surface area contributed by atoms with Crippen molar-refractivity contribution in [3.8, 4) is 17.5 Å². The number of benzene rings is 2. The Balaban J connectivity index is 1.66. The topological polar surface area (TPSA) is 91.8 Å².